The Morgan fingerprint density at radius 3 is 2.24 bits per heavy atom. The number of aliphatic carboxylic acids is 1. The molecule has 1 heterocycles. The van der Waals surface area contributed by atoms with Crippen LogP contribution in [0, 0.1) is 11.3 Å². The van der Waals surface area contributed by atoms with Crippen LogP contribution in [-0.4, -0.2) is 61.2 Å². The minimum absolute atomic E-state index is 0.216. The van der Waals surface area contributed by atoms with Crippen LogP contribution >= 0.6 is 0 Å². The van der Waals surface area contributed by atoms with Gasteiger partial charge in [-0.1, -0.05) is 0 Å². The molecule has 0 aromatic heterocycles. The van der Waals surface area contributed by atoms with E-state index in [0.29, 0.717) is 5.92 Å². The minimum Gasteiger partial charge on any atom is -0.481 e. The maximum absolute atomic E-state index is 11.5. The highest BCUT2D eigenvalue weighted by Gasteiger charge is 2.58. The average Bonchev–Trinajstić information content (AvgIpc) is 3.02. The number of carboxylic acid groups (broad SMARTS) is 1. The number of rotatable bonds is 4. The minimum atomic E-state index is -0.588. The number of hydrogen-bond donors (Lipinski definition) is 1. The monoisotopic (exact) mass is 240 g/mol. The van der Waals surface area contributed by atoms with E-state index >= 15 is 0 Å². The molecule has 4 nitrogen and oxygen atoms in total. The van der Waals surface area contributed by atoms with Crippen molar-refractivity contribution in [2.24, 2.45) is 11.3 Å². The Kier molecular flexibility index (Phi) is 3.46. The van der Waals surface area contributed by atoms with E-state index < -0.39 is 11.4 Å². The molecule has 1 saturated carbocycles. The highest BCUT2D eigenvalue weighted by atomic mass is 16.4. The molecule has 17 heavy (non-hydrogen) atoms. The maximum Gasteiger partial charge on any atom is 0.311 e. The van der Waals surface area contributed by atoms with Gasteiger partial charge in [-0.15, -0.1) is 0 Å². The molecule has 2 fully saturated rings. The summed E-state index contributed by atoms with van der Waals surface area (Å²) in [7, 11) is 6.21. The van der Waals surface area contributed by atoms with E-state index in [1.807, 2.05) is 14.1 Å². The quantitative estimate of drug-likeness (QED) is 0.800. The Balaban J connectivity index is 2.10. The van der Waals surface area contributed by atoms with E-state index in [0.717, 1.165) is 38.8 Å². The highest BCUT2D eigenvalue weighted by Crippen LogP contribution is 2.53. The van der Waals surface area contributed by atoms with E-state index in [4.69, 9.17) is 0 Å². The van der Waals surface area contributed by atoms with Crippen molar-refractivity contribution in [2.75, 3.05) is 34.2 Å². The molecule has 4 heteroatoms. The van der Waals surface area contributed by atoms with Crippen molar-refractivity contribution in [3.63, 3.8) is 0 Å². The van der Waals surface area contributed by atoms with Gasteiger partial charge in [0.25, 0.3) is 0 Å². The second-order valence-electron chi connectivity index (χ2n) is 6.01. The second kappa shape index (κ2) is 4.58. The van der Waals surface area contributed by atoms with Gasteiger partial charge in [0.05, 0.1) is 5.41 Å². The van der Waals surface area contributed by atoms with Crippen molar-refractivity contribution in [1.29, 1.82) is 0 Å². The summed E-state index contributed by atoms with van der Waals surface area (Å²) in [6, 6.07) is 0.216. The third-order valence-electron chi connectivity index (χ3n) is 4.55. The molecule has 1 unspecified atom stereocenters. The molecule has 1 N–H and O–H groups in total. The van der Waals surface area contributed by atoms with Crippen LogP contribution < -0.4 is 0 Å². The molecule has 0 aromatic carbocycles. The third kappa shape index (κ3) is 2.33. The van der Waals surface area contributed by atoms with Gasteiger partial charge in [-0.2, -0.15) is 0 Å². The van der Waals surface area contributed by atoms with Gasteiger partial charge in [-0.3, -0.25) is 4.79 Å². The van der Waals surface area contributed by atoms with Crippen molar-refractivity contribution in [2.45, 2.75) is 31.7 Å². The predicted octanol–water partition coefficient (Wildman–Crippen LogP) is 1.12. The Bertz CT molecular complexity index is 292. The first kappa shape index (κ1) is 12.8. The SMILES string of the molecule is CN1CCC(C(N(C)C)C2(C(=O)O)CC2)CC1. The third-order valence-corrected chi connectivity index (χ3v) is 4.55. The smallest absolute Gasteiger partial charge is 0.311 e. The number of nitrogens with zero attached hydrogens (tertiary/aromatic N) is 2. The summed E-state index contributed by atoms with van der Waals surface area (Å²) in [5, 5.41) is 9.47. The zero-order chi connectivity index (χ0) is 12.6. The molecular formula is C13H24N2O2. The van der Waals surface area contributed by atoms with Crippen molar-refractivity contribution in [3.05, 3.63) is 0 Å². The maximum atomic E-state index is 11.5. The van der Waals surface area contributed by atoms with Crippen LogP contribution in [0.5, 0.6) is 0 Å². The molecule has 0 bridgehead atoms. The number of carboxylic acids is 1. The summed E-state index contributed by atoms with van der Waals surface area (Å²) < 4.78 is 0. The lowest BCUT2D eigenvalue weighted by molar-refractivity contribution is -0.147. The molecule has 1 atom stereocenters. The molecule has 2 rings (SSSR count). The summed E-state index contributed by atoms with van der Waals surface area (Å²) in [6.07, 6.45) is 3.98. The topological polar surface area (TPSA) is 43.8 Å². The van der Waals surface area contributed by atoms with Gasteiger partial charge in [0.2, 0.25) is 0 Å². The zero-order valence-corrected chi connectivity index (χ0v) is 11.1. The fourth-order valence-corrected chi connectivity index (χ4v) is 3.48. The lowest BCUT2D eigenvalue weighted by Crippen LogP contribution is -2.49. The molecule has 98 valence electrons. The van der Waals surface area contributed by atoms with Crippen LogP contribution in [0.1, 0.15) is 25.7 Å². The number of likely N-dealkylation sites (tertiary alicyclic amines) is 1. The summed E-state index contributed by atoms with van der Waals surface area (Å²) in [5.41, 5.74) is -0.440. The van der Waals surface area contributed by atoms with Crippen LogP contribution in [0.3, 0.4) is 0 Å². The Morgan fingerprint density at radius 1 is 1.35 bits per heavy atom. The number of hydrogen-bond acceptors (Lipinski definition) is 3. The van der Waals surface area contributed by atoms with Gasteiger partial charge in [-0.05, 0) is 65.8 Å². The molecule has 0 spiro atoms. The first-order valence-corrected chi connectivity index (χ1v) is 6.56. The molecular weight excluding hydrogens is 216 g/mol. The molecule has 0 aromatic rings. The summed E-state index contributed by atoms with van der Waals surface area (Å²) in [4.78, 5) is 16.0. The molecule has 0 radical (unpaired) electrons. The Labute approximate surface area is 104 Å². The summed E-state index contributed by atoms with van der Waals surface area (Å²) >= 11 is 0. The Hall–Kier alpha value is -0.610. The normalized spacial score (nSPS) is 27.1. The Morgan fingerprint density at radius 2 is 1.88 bits per heavy atom. The average molecular weight is 240 g/mol. The lowest BCUT2D eigenvalue weighted by atomic mass is 9.79. The van der Waals surface area contributed by atoms with Gasteiger partial charge < -0.3 is 14.9 Å². The largest absolute Gasteiger partial charge is 0.481 e. The fourth-order valence-electron chi connectivity index (χ4n) is 3.48. The van der Waals surface area contributed by atoms with Crippen LogP contribution in [0.15, 0.2) is 0 Å². The molecule has 2 aliphatic rings. The van der Waals surface area contributed by atoms with Crippen molar-refractivity contribution < 1.29 is 9.90 Å². The molecule has 0 amide bonds. The van der Waals surface area contributed by atoms with E-state index in [-0.39, 0.29) is 6.04 Å². The molecule has 1 aliphatic carbocycles. The zero-order valence-electron chi connectivity index (χ0n) is 11.1. The van der Waals surface area contributed by atoms with Gasteiger partial charge in [-0.25, -0.2) is 0 Å². The van der Waals surface area contributed by atoms with Gasteiger partial charge in [0.15, 0.2) is 0 Å². The van der Waals surface area contributed by atoms with E-state index in [1.54, 1.807) is 0 Å². The van der Waals surface area contributed by atoms with E-state index in [1.165, 1.54) is 0 Å². The van der Waals surface area contributed by atoms with Crippen LogP contribution in [0.2, 0.25) is 0 Å². The molecule has 1 aliphatic heterocycles. The van der Waals surface area contributed by atoms with Crippen molar-refractivity contribution >= 4 is 5.97 Å². The standard InChI is InChI=1S/C13H24N2O2/c1-14(2)11(13(6-7-13)12(16)17)10-4-8-15(3)9-5-10/h10-11H,4-9H2,1-3H3,(H,16,17). The molecule has 1 saturated heterocycles. The number of carbonyl (C=O) groups is 1. The number of piperidine rings is 1. The fraction of sp³-hybridized carbons (Fsp3) is 0.923. The van der Waals surface area contributed by atoms with Crippen molar-refractivity contribution in [1.82, 2.24) is 9.80 Å². The predicted molar refractivity (Wildman–Crippen MR) is 67.0 cm³/mol. The van der Waals surface area contributed by atoms with Gasteiger partial charge in [0.1, 0.15) is 0 Å². The first-order chi connectivity index (χ1) is 7.97. The van der Waals surface area contributed by atoms with Crippen LogP contribution in [-0.2, 0) is 4.79 Å². The lowest BCUT2D eigenvalue weighted by Gasteiger charge is -2.40. The first-order valence-electron chi connectivity index (χ1n) is 6.56. The van der Waals surface area contributed by atoms with Crippen LogP contribution in [0.25, 0.3) is 0 Å². The second-order valence-corrected chi connectivity index (χ2v) is 6.01. The summed E-state index contributed by atoms with van der Waals surface area (Å²) in [5.74, 6) is -0.0464. The van der Waals surface area contributed by atoms with Crippen LogP contribution in [0.4, 0.5) is 0 Å². The van der Waals surface area contributed by atoms with E-state index in [2.05, 4.69) is 16.8 Å². The highest BCUT2D eigenvalue weighted by molar-refractivity contribution is 5.79. The summed E-state index contributed by atoms with van der Waals surface area (Å²) in [6.45, 7) is 2.20. The van der Waals surface area contributed by atoms with Gasteiger partial charge in [0, 0.05) is 6.04 Å². The van der Waals surface area contributed by atoms with Gasteiger partial charge >= 0.3 is 5.97 Å². The van der Waals surface area contributed by atoms with Crippen molar-refractivity contribution in [3.8, 4) is 0 Å². The van der Waals surface area contributed by atoms with E-state index in [9.17, 15) is 9.90 Å².